The van der Waals surface area contributed by atoms with E-state index in [1.54, 1.807) is 6.20 Å². The van der Waals surface area contributed by atoms with Crippen molar-refractivity contribution in [2.24, 2.45) is 5.92 Å². The lowest BCUT2D eigenvalue weighted by atomic mass is 9.81. The molecule has 1 aromatic heterocycles. The van der Waals surface area contributed by atoms with Gasteiger partial charge in [-0.15, -0.1) is 0 Å². The molecule has 1 amide bonds. The number of aromatic nitrogens is 1. The van der Waals surface area contributed by atoms with Crippen LogP contribution in [0.3, 0.4) is 0 Å². The van der Waals surface area contributed by atoms with Crippen LogP contribution >= 0.6 is 0 Å². The van der Waals surface area contributed by atoms with E-state index >= 15 is 0 Å². The minimum atomic E-state index is -0.186. The van der Waals surface area contributed by atoms with Crippen LogP contribution in [0, 0.1) is 5.92 Å². The molecule has 2 aliphatic heterocycles. The third-order valence-corrected chi connectivity index (χ3v) is 6.82. The fraction of sp³-hybridized carbons (Fsp3) is 0.520. The molecule has 2 aromatic rings. The van der Waals surface area contributed by atoms with Crippen molar-refractivity contribution in [1.29, 1.82) is 0 Å². The number of hydrazine groups is 1. The van der Waals surface area contributed by atoms with Crippen LogP contribution in [0.2, 0.25) is 0 Å². The Morgan fingerprint density at radius 2 is 1.94 bits per heavy atom. The van der Waals surface area contributed by atoms with Crippen LogP contribution in [0.1, 0.15) is 43.4 Å². The van der Waals surface area contributed by atoms with Crippen molar-refractivity contribution >= 4 is 5.91 Å². The molecular weight excluding hydrogens is 404 g/mol. The van der Waals surface area contributed by atoms with Gasteiger partial charge < -0.3 is 14.4 Å². The Morgan fingerprint density at radius 3 is 2.72 bits per heavy atom. The first kappa shape index (κ1) is 21.4. The van der Waals surface area contributed by atoms with E-state index in [4.69, 9.17) is 9.47 Å². The largest absolute Gasteiger partial charge is 0.488 e. The van der Waals surface area contributed by atoms with E-state index in [-0.39, 0.29) is 18.1 Å². The number of pyridine rings is 1. The summed E-state index contributed by atoms with van der Waals surface area (Å²) in [4.78, 5) is 20.1. The summed E-state index contributed by atoms with van der Waals surface area (Å²) in [5.41, 5.74) is 8.66. The Hall–Kier alpha value is -2.48. The van der Waals surface area contributed by atoms with Gasteiger partial charge in [0.25, 0.3) is 0 Å². The zero-order chi connectivity index (χ0) is 21.8. The molecule has 4 atom stereocenters. The molecule has 3 fully saturated rings. The second-order valence-electron chi connectivity index (χ2n) is 9.08. The zero-order valence-corrected chi connectivity index (χ0v) is 18.4. The Labute approximate surface area is 189 Å². The van der Waals surface area contributed by atoms with Gasteiger partial charge in [-0.3, -0.25) is 15.2 Å². The summed E-state index contributed by atoms with van der Waals surface area (Å²) < 4.78 is 11.4. The number of amides is 1. The van der Waals surface area contributed by atoms with E-state index in [2.05, 4.69) is 15.8 Å². The monoisotopic (exact) mass is 436 g/mol. The van der Waals surface area contributed by atoms with Crippen LogP contribution in [-0.4, -0.2) is 47.2 Å². The molecule has 7 nitrogen and oxygen atoms in total. The SMILES string of the molecule is O=C(C1NNC2CCCCC21)N(Cc1ccc(OC2CCOC2)cc1)Cc1ccccn1. The van der Waals surface area contributed by atoms with Crippen molar-refractivity contribution in [3.8, 4) is 5.75 Å². The summed E-state index contributed by atoms with van der Waals surface area (Å²) in [5.74, 6) is 1.34. The highest BCUT2D eigenvalue weighted by Gasteiger charge is 2.42. The molecule has 3 heterocycles. The number of carbonyl (C=O) groups excluding carboxylic acids is 1. The summed E-state index contributed by atoms with van der Waals surface area (Å²) in [6.07, 6.45) is 7.50. The van der Waals surface area contributed by atoms with Crippen LogP contribution < -0.4 is 15.6 Å². The van der Waals surface area contributed by atoms with Crippen LogP contribution in [0.25, 0.3) is 0 Å². The van der Waals surface area contributed by atoms with Crippen molar-refractivity contribution in [3.05, 3.63) is 59.9 Å². The zero-order valence-electron chi connectivity index (χ0n) is 18.4. The Balaban J connectivity index is 1.30. The first-order chi connectivity index (χ1) is 15.8. The number of benzene rings is 1. The predicted octanol–water partition coefficient (Wildman–Crippen LogP) is 2.81. The van der Waals surface area contributed by atoms with Gasteiger partial charge >= 0.3 is 0 Å². The number of ether oxygens (including phenoxy) is 2. The fourth-order valence-electron chi connectivity index (χ4n) is 5.07. The van der Waals surface area contributed by atoms with Gasteiger partial charge in [-0.25, -0.2) is 5.43 Å². The summed E-state index contributed by atoms with van der Waals surface area (Å²) in [6, 6.07) is 14.1. The molecule has 2 saturated heterocycles. The highest BCUT2D eigenvalue weighted by atomic mass is 16.5. The third-order valence-electron chi connectivity index (χ3n) is 6.82. The molecule has 1 saturated carbocycles. The molecule has 0 spiro atoms. The Bertz CT molecular complexity index is 886. The lowest BCUT2D eigenvalue weighted by Gasteiger charge is -2.30. The van der Waals surface area contributed by atoms with E-state index < -0.39 is 0 Å². The van der Waals surface area contributed by atoms with Gasteiger partial charge in [0.15, 0.2) is 0 Å². The lowest BCUT2D eigenvalue weighted by molar-refractivity contribution is -0.135. The molecule has 4 unspecified atom stereocenters. The smallest absolute Gasteiger partial charge is 0.242 e. The maximum absolute atomic E-state index is 13.7. The third kappa shape index (κ3) is 4.95. The van der Waals surface area contributed by atoms with Gasteiger partial charge in [0.05, 0.1) is 25.5 Å². The minimum absolute atomic E-state index is 0.132. The summed E-state index contributed by atoms with van der Waals surface area (Å²) in [7, 11) is 0. The first-order valence-corrected chi connectivity index (χ1v) is 11.8. The number of carbonyl (C=O) groups is 1. The van der Waals surface area contributed by atoms with Crippen LogP contribution in [-0.2, 0) is 22.6 Å². The second kappa shape index (κ2) is 9.98. The molecule has 0 radical (unpaired) electrons. The average Bonchev–Trinajstić information content (AvgIpc) is 3.50. The van der Waals surface area contributed by atoms with E-state index in [9.17, 15) is 4.79 Å². The highest BCUT2D eigenvalue weighted by Crippen LogP contribution is 2.31. The molecule has 1 aromatic carbocycles. The van der Waals surface area contributed by atoms with Gasteiger partial charge in [0.2, 0.25) is 5.91 Å². The number of rotatable bonds is 7. The first-order valence-electron chi connectivity index (χ1n) is 11.8. The Kier molecular flexibility index (Phi) is 6.67. The topological polar surface area (TPSA) is 75.7 Å². The van der Waals surface area contributed by atoms with E-state index in [1.165, 1.54) is 12.8 Å². The molecule has 7 heteroatoms. The highest BCUT2D eigenvalue weighted by molar-refractivity contribution is 5.82. The minimum Gasteiger partial charge on any atom is -0.488 e. The molecule has 32 heavy (non-hydrogen) atoms. The van der Waals surface area contributed by atoms with Crippen molar-refractivity contribution in [2.75, 3.05) is 13.2 Å². The van der Waals surface area contributed by atoms with Crippen LogP contribution in [0.4, 0.5) is 0 Å². The van der Waals surface area contributed by atoms with E-state index in [1.807, 2.05) is 47.4 Å². The lowest BCUT2D eigenvalue weighted by Crippen LogP contribution is -2.47. The van der Waals surface area contributed by atoms with Gasteiger partial charge in [0, 0.05) is 31.1 Å². The molecule has 0 bridgehead atoms. The molecule has 2 N–H and O–H groups in total. The standard InChI is InChI=1S/C25H32N4O3/c30-25(24-22-6-1-2-7-23(22)27-28-24)29(16-19-5-3-4-13-26-19)15-18-8-10-20(11-9-18)32-21-12-14-31-17-21/h3-5,8-11,13,21-24,27-28H,1-2,6-7,12,14-17H2. The second-order valence-corrected chi connectivity index (χ2v) is 9.08. The summed E-state index contributed by atoms with van der Waals surface area (Å²) >= 11 is 0. The van der Waals surface area contributed by atoms with Crippen molar-refractivity contribution in [1.82, 2.24) is 20.7 Å². The van der Waals surface area contributed by atoms with E-state index in [0.29, 0.717) is 31.7 Å². The molecule has 170 valence electrons. The predicted molar refractivity (Wildman–Crippen MR) is 121 cm³/mol. The molecule has 1 aliphatic carbocycles. The Morgan fingerprint density at radius 1 is 1.06 bits per heavy atom. The number of fused-ring (bicyclic) bond motifs is 1. The fourth-order valence-corrected chi connectivity index (χ4v) is 5.07. The molecular formula is C25H32N4O3. The maximum Gasteiger partial charge on any atom is 0.242 e. The van der Waals surface area contributed by atoms with Crippen molar-refractivity contribution in [2.45, 2.75) is 63.4 Å². The number of nitrogens with one attached hydrogen (secondary N) is 2. The molecule has 3 aliphatic rings. The quantitative estimate of drug-likeness (QED) is 0.695. The van der Waals surface area contributed by atoms with Crippen molar-refractivity contribution < 1.29 is 14.3 Å². The van der Waals surface area contributed by atoms with Gasteiger partial charge in [-0.1, -0.05) is 31.0 Å². The number of hydrogen-bond donors (Lipinski definition) is 2. The van der Waals surface area contributed by atoms with Crippen LogP contribution in [0.5, 0.6) is 5.75 Å². The normalized spacial score (nSPS) is 27.1. The van der Waals surface area contributed by atoms with Gasteiger partial charge in [-0.05, 0) is 42.7 Å². The van der Waals surface area contributed by atoms with Crippen LogP contribution in [0.15, 0.2) is 48.7 Å². The number of hydrogen-bond acceptors (Lipinski definition) is 6. The maximum atomic E-state index is 13.7. The van der Waals surface area contributed by atoms with E-state index in [0.717, 1.165) is 42.9 Å². The van der Waals surface area contributed by atoms with Crippen molar-refractivity contribution in [3.63, 3.8) is 0 Å². The van der Waals surface area contributed by atoms with Gasteiger partial charge in [0.1, 0.15) is 17.9 Å². The van der Waals surface area contributed by atoms with Gasteiger partial charge in [-0.2, -0.15) is 0 Å². The number of nitrogens with zero attached hydrogens (tertiary/aromatic N) is 2. The summed E-state index contributed by atoms with van der Waals surface area (Å²) in [6.45, 7) is 2.45. The molecule has 5 rings (SSSR count). The summed E-state index contributed by atoms with van der Waals surface area (Å²) in [5, 5.41) is 0. The average molecular weight is 437 g/mol.